The smallest absolute Gasteiger partial charge is 0.251 e. The maximum atomic E-state index is 12.4. The van der Waals surface area contributed by atoms with Gasteiger partial charge in [0.05, 0.1) is 6.61 Å². The Kier molecular flexibility index (Phi) is 5.38. The molecule has 0 saturated carbocycles. The first-order chi connectivity index (χ1) is 10.1. The molecule has 2 rings (SSSR count). The van der Waals surface area contributed by atoms with Crippen LogP contribution in [0.25, 0.3) is 0 Å². The van der Waals surface area contributed by atoms with Gasteiger partial charge in [-0.15, -0.1) is 0 Å². The average Bonchev–Trinajstić information content (AvgIpc) is 3.00. The molecular formula is C17H21NO3. The summed E-state index contributed by atoms with van der Waals surface area (Å²) in [6, 6.07) is 5.58. The largest absolute Gasteiger partial charge is 0.384 e. The highest BCUT2D eigenvalue weighted by Crippen LogP contribution is 2.17. The van der Waals surface area contributed by atoms with E-state index in [9.17, 15) is 4.79 Å². The van der Waals surface area contributed by atoms with Gasteiger partial charge < -0.3 is 15.2 Å². The first-order valence-electron chi connectivity index (χ1n) is 7.21. The van der Waals surface area contributed by atoms with E-state index in [-0.39, 0.29) is 18.6 Å². The van der Waals surface area contributed by atoms with Crippen LogP contribution in [0.1, 0.15) is 34.8 Å². The molecule has 0 aromatic heterocycles. The minimum atomic E-state index is -0.186. The summed E-state index contributed by atoms with van der Waals surface area (Å²) in [5.41, 5.74) is 2.28. The molecule has 1 aliphatic heterocycles. The summed E-state index contributed by atoms with van der Waals surface area (Å²) in [7, 11) is 0. The van der Waals surface area contributed by atoms with Crippen molar-refractivity contribution in [3.05, 3.63) is 34.9 Å². The van der Waals surface area contributed by atoms with Crippen molar-refractivity contribution in [1.82, 2.24) is 5.32 Å². The molecule has 0 spiro atoms. The van der Waals surface area contributed by atoms with Crippen molar-refractivity contribution in [3.63, 3.8) is 0 Å². The number of nitrogens with one attached hydrogen (secondary N) is 1. The summed E-state index contributed by atoms with van der Waals surface area (Å²) < 4.78 is 5.36. The van der Waals surface area contributed by atoms with Crippen molar-refractivity contribution in [2.24, 2.45) is 5.92 Å². The second kappa shape index (κ2) is 7.26. The van der Waals surface area contributed by atoms with Gasteiger partial charge in [-0.25, -0.2) is 0 Å². The van der Waals surface area contributed by atoms with Gasteiger partial charge in [-0.2, -0.15) is 0 Å². The Morgan fingerprint density at radius 3 is 3.05 bits per heavy atom. The topological polar surface area (TPSA) is 58.6 Å². The van der Waals surface area contributed by atoms with Gasteiger partial charge in [0.15, 0.2) is 0 Å². The van der Waals surface area contributed by atoms with Crippen molar-refractivity contribution in [2.45, 2.75) is 26.3 Å². The molecule has 1 saturated heterocycles. The molecule has 0 radical (unpaired) electrons. The molecule has 1 fully saturated rings. The van der Waals surface area contributed by atoms with E-state index >= 15 is 0 Å². The van der Waals surface area contributed by atoms with E-state index in [4.69, 9.17) is 9.84 Å². The predicted molar refractivity (Wildman–Crippen MR) is 81.0 cm³/mol. The number of ether oxygens (including phenoxy) is 1. The number of aryl methyl sites for hydroxylation is 1. The van der Waals surface area contributed by atoms with E-state index in [1.807, 2.05) is 26.0 Å². The molecule has 1 aromatic rings. The number of hydrogen-bond donors (Lipinski definition) is 2. The van der Waals surface area contributed by atoms with Crippen LogP contribution >= 0.6 is 0 Å². The summed E-state index contributed by atoms with van der Waals surface area (Å²) in [5, 5.41) is 11.8. The molecule has 0 bridgehead atoms. The second-order valence-corrected chi connectivity index (χ2v) is 5.38. The van der Waals surface area contributed by atoms with Crippen LogP contribution < -0.4 is 5.32 Å². The standard InChI is InChI=1S/C17H21NO3/c1-12-5-6-14(4-3-8-19)10-16(12)17(20)18-13(2)15-7-9-21-11-15/h5-6,10,13,15,19H,7-9,11H2,1-2H3,(H,18,20). The van der Waals surface area contributed by atoms with E-state index < -0.39 is 0 Å². The van der Waals surface area contributed by atoms with Gasteiger partial charge in [-0.1, -0.05) is 17.9 Å². The molecule has 112 valence electrons. The molecular weight excluding hydrogens is 266 g/mol. The fourth-order valence-electron chi connectivity index (χ4n) is 2.44. The summed E-state index contributed by atoms with van der Waals surface area (Å²) in [5.74, 6) is 5.72. The lowest BCUT2D eigenvalue weighted by molar-refractivity contribution is 0.0921. The van der Waals surface area contributed by atoms with Crippen LogP contribution in [0.2, 0.25) is 0 Å². The maximum absolute atomic E-state index is 12.4. The average molecular weight is 287 g/mol. The molecule has 2 unspecified atom stereocenters. The predicted octanol–water partition coefficient (Wildman–Crippen LogP) is 1.49. The van der Waals surface area contributed by atoms with E-state index in [0.29, 0.717) is 18.1 Å². The quantitative estimate of drug-likeness (QED) is 0.828. The number of amides is 1. The number of rotatable bonds is 3. The highest BCUT2D eigenvalue weighted by atomic mass is 16.5. The van der Waals surface area contributed by atoms with Crippen molar-refractivity contribution in [3.8, 4) is 11.8 Å². The highest BCUT2D eigenvalue weighted by molar-refractivity contribution is 5.96. The van der Waals surface area contributed by atoms with Gasteiger partial charge in [0.2, 0.25) is 0 Å². The zero-order valence-electron chi connectivity index (χ0n) is 12.5. The SMILES string of the molecule is Cc1ccc(C#CCO)cc1C(=O)NC(C)C1CCOC1. The Labute approximate surface area is 125 Å². The maximum Gasteiger partial charge on any atom is 0.251 e. The van der Waals surface area contributed by atoms with Crippen LogP contribution in [0.15, 0.2) is 18.2 Å². The van der Waals surface area contributed by atoms with Gasteiger partial charge >= 0.3 is 0 Å². The first-order valence-corrected chi connectivity index (χ1v) is 7.21. The zero-order valence-corrected chi connectivity index (χ0v) is 12.5. The molecule has 4 heteroatoms. The lowest BCUT2D eigenvalue weighted by Crippen LogP contribution is -2.38. The minimum Gasteiger partial charge on any atom is -0.384 e. The van der Waals surface area contributed by atoms with E-state index in [1.165, 1.54) is 0 Å². The van der Waals surface area contributed by atoms with Gasteiger partial charge in [0, 0.05) is 29.7 Å². The number of carbonyl (C=O) groups excluding carboxylic acids is 1. The van der Waals surface area contributed by atoms with Gasteiger partial charge in [0.25, 0.3) is 5.91 Å². The van der Waals surface area contributed by atoms with E-state index in [1.54, 1.807) is 6.07 Å². The number of carbonyl (C=O) groups is 1. The molecule has 1 aromatic carbocycles. The summed E-state index contributed by atoms with van der Waals surface area (Å²) >= 11 is 0. The minimum absolute atomic E-state index is 0.0838. The lowest BCUT2D eigenvalue weighted by atomic mass is 9.99. The number of aliphatic hydroxyl groups is 1. The third-order valence-corrected chi connectivity index (χ3v) is 3.82. The Morgan fingerprint density at radius 2 is 2.38 bits per heavy atom. The number of benzene rings is 1. The van der Waals surface area contributed by atoms with E-state index in [2.05, 4.69) is 17.2 Å². The van der Waals surface area contributed by atoms with Crippen LogP contribution in [0.3, 0.4) is 0 Å². The molecule has 0 aliphatic carbocycles. The van der Waals surface area contributed by atoms with Crippen molar-refractivity contribution in [1.29, 1.82) is 0 Å². The van der Waals surface area contributed by atoms with Gasteiger partial charge in [0.1, 0.15) is 6.61 Å². The second-order valence-electron chi connectivity index (χ2n) is 5.38. The van der Waals surface area contributed by atoms with Crippen LogP contribution in [0.5, 0.6) is 0 Å². The molecule has 21 heavy (non-hydrogen) atoms. The summed E-state index contributed by atoms with van der Waals surface area (Å²) in [4.78, 5) is 12.4. The van der Waals surface area contributed by atoms with Crippen LogP contribution in [0.4, 0.5) is 0 Å². The Balaban J connectivity index is 2.10. The molecule has 2 N–H and O–H groups in total. The third kappa shape index (κ3) is 4.07. The monoisotopic (exact) mass is 287 g/mol. The molecule has 4 nitrogen and oxygen atoms in total. The first kappa shape index (κ1) is 15.6. The molecule has 1 aliphatic rings. The third-order valence-electron chi connectivity index (χ3n) is 3.82. The van der Waals surface area contributed by atoms with Gasteiger partial charge in [-0.05, 0) is 38.0 Å². The number of hydrogen-bond acceptors (Lipinski definition) is 3. The Morgan fingerprint density at radius 1 is 1.57 bits per heavy atom. The Hall–Kier alpha value is -1.83. The van der Waals surface area contributed by atoms with Crippen LogP contribution in [0, 0.1) is 24.7 Å². The molecule has 1 heterocycles. The summed E-state index contributed by atoms with van der Waals surface area (Å²) in [6.45, 7) is 5.22. The zero-order chi connectivity index (χ0) is 15.2. The van der Waals surface area contributed by atoms with E-state index in [0.717, 1.165) is 24.2 Å². The fourth-order valence-corrected chi connectivity index (χ4v) is 2.44. The van der Waals surface area contributed by atoms with Crippen LogP contribution in [-0.2, 0) is 4.74 Å². The Bertz CT molecular complexity index is 565. The van der Waals surface area contributed by atoms with Crippen LogP contribution in [-0.4, -0.2) is 36.9 Å². The lowest BCUT2D eigenvalue weighted by Gasteiger charge is -2.19. The van der Waals surface area contributed by atoms with Gasteiger partial charge in [-0.3, -0.25) is 4.79 Å². The normalized spacial score (nSPS) is 18.7. The molecule has 2 atom stereocenters. The fraction of sp³-hybridized carbons (Fsp3) is 0.471. The van der Waals surface area contributed by atoms with Crippen molar-refractivity contribution < 1.29 is 14.6 Å². The molecule has 1 amide bonds. The summed E-state index contributed by atoms with van der Waals surface area (Å²) in [6.07, 6.45) is 0.989. The van der Waals surface area contributed by atoms with Crippen molar-refractivity contribution >= 4 is 5.91 Å². The van der Waals surface area contributed by atoms with Crippen molar-refractivity contribution in [2.75, 3.05) is 19.8 Å². The highest BCUT2D eigenvalue weighted by Gasteiger charge is 2.24. The number of aliphatic hydroxyl groups excluding tert-OH is 1.